The van der Waals surface area contributed by atoms with Crippen LogP contribution >= 0.6 is 11.6 Å². The van der Waals surface area contributed by atoms with Crippen LogP contribution in [0.4, 0.5) is 5.95 Å². The van der Waals surface area contributed by atoms with Gasteiger partial charge in [0.2, 0.25) is 5.95 Å². The lowest BCUT2D eigenvalue weighted by Crippen LogP contribution is -2.23. The average molecular weight is 315 g/mol. The van der Waals surface area contributed by atoms with E-state index in [0.29, 0.717) is 22.8 Å². The average Bonchev–Trinajstić information content (AvgIpc) is 2.46. The number of halogens is 1. The van der Waals surface area contributed by atoms with E-state index >= 15 is 0 Å². The van der Waals surface area contributed by atoms with E-state index in [9.17, 15) is 4.79 Å². The van der Waals surface area contributed by atoms with Gasteiger partial charge >= 0.3 is 0 Å². The summed E-state index contributed by atoms with van der Waals surface area (Å²) in [6, 6.07) is 9.05. The van der Waals surface area contributed by atoms with Gasteiger partial charge in [-0.2, -0.15) is 4.98 Å². The van der Waals surface area contributed by atoms with Gasteiger partial charge in [0.05, 0.1) is 5.69 Å². The van der Waals surface area contributed by atoms with Gasteiger partial charge in [-0.05, 0) is 37.6 Å². The molecule has 112 valence electrons. The summed E-state index contributed by atoms with van der Waals surface area (Å²) in [5.74, 6) is 0.169. The Kier molecular flexibility index (Phi) is 3.58. The van der Waals surface area contributed by atoms with Crippen LogP contribution in [0.15, 0.2) is 35.1 Å². The zero-order valence-corrected chi connectivity index (χ0v) is 13.1. The highest BCUT2D eigenvalue weighted by Crippen LogP contribution is 2.24. The van der Waals surface area contributed by atoms with Crippen LogP contribution in [0.2, 0.25) is 5.02 Å². The Balaban J connectivity index is 2.43. The summed E-state index contributed by atoms with van der Waals surface area (Å²) in [5.41, 5.74) is 8.25. The molecule has 2 N–H and O–H groups in total. The first-order valence-electron chi connectivity index (χ1n) is 6.95. The van der Waals surface area contributed by atoms with E-state index < -0.39 is 0 Å². The lowest BCUT2D eigenvalue weighted by molar-refractivity contribution is 0.750. The first kappa shape index (κ1) is 14.5. The molecule has 3 aromatic rings. The SMILES string of the molecule is CCn1c(=O)c(-c2cccc(Cl)c2)cc2c(C)nc(N)nc21. The minimum atomic E-state index is -0.116. The van der Waals surface area contributed by atoms with Crippen LogP contribution in [0, 0.1) is 6.92 Å². The molecule has 2 aromatic heterocycles. The van der Waals surface area contributed by atoms with Gasteiger partial charge in [-0.3, -0.25) is 9.36 Å². The third-order valence-electron chi connectivity index (χ3n) is 3.61. The summed E-state index contributed by atoms with van der Waals surface area (Å²) >= 11 is 6.04. The molecule has 5 nitrogen and oxygen atoms in total. The highest BCUT2D eigenvalue weighted by Gasteiger charge is 2.14. The maximum atomic E-state index is 12.8. The van der Waals surface area contributed by atoms with Crippen LogP contribution in [-0.2, 0) is 6.54 Å². The van der Waals surface area contributed by atoms with E-state index in [-0.39, 0.29) is 11.5 Å². The number of benzene rings is 1. The fourth-order valence-corrected chi connectivity index (χ4v) is 2.76. The maximum absolute atomic E-state index is 12.8. The van der Waals surface area contributed by atoms with E-state index in [1.807, 2.05) is 32.0 Å². The molecule has 0 unspecified atom stereocenters. The molecule has 3 rings (SSSR count). The highest BCUT2D eigenvalue weighted by molar-refractivity contribution is 6.30. The normalized spacial score (nSPS) is 11.0. The molecule has 0 aliphatic carbocycles. The van der Waals surface area contributed by atoms with Crippen molar-refractivity contribution in [2.45, 2.75) is 20.4 Å². The largest absolute Gasteiger partial charge is 0.368 e. The van der Waals surface area contributed by atoms with Crippen molar-refractivity contribution in [3.8, 4) is 11.1 Å². The van der Waals surface area contributed by atoms with Crippen molar-refractivity contribution in [1.29, 1.82) is 0 Å². The summed E-state index contributed by atoms with van der Waals surface area (Å²) in [6.07, 6.45) is 0. The molecule has 6 heteroatoms. The van der Waals surface area contributed by atoms with Crippen LogP contribution in [-0.4, -0.2) is 14.5 Å². The van der Waals surface area contributed by atoms with Crippen LogP contribution in [0.3, 0.4) is 0 Å². The van der Waals surface area contributed by atoms with E-state index in [1.165, 1.54) is 0 Å². The maximum Gasteiger partial charge on any atom is 0.260 e. The summed E-state index contributed by atoms with van der Waals surface area (Å²) < 4.78 is 1.61. The van der Waals surface area contributed by atoms with Gasteiger partial charge in [0.1, 0.15) is 5.65 Å². The predicted octanol–water partition coefficient (Wildman–Crippen LogP) is 3.02. The number of hydrogen-bond donors (Lipinski definition) is 1. The number of nitrogen functional groups attached to an aromatic ring is 1. The lowest BCUT2D eigenvalue weighted by Gasteiger charge is -2.12. The van der Waals surface area contributed by atoms with Crippen LogP contribution in [0.1, 0.15) is 12.6 Å². The smallest absolute Gasteiger partial charge is 0.260 e. The highest BCUT2D eigenvalue weighted by atomic mass is 35.5. The number of fused-ring (bicyclic) bond motifs is 1. The second-order valence-corrected chi connectivity index (χ2v) is 5.46. The Bertz CT molecular complexity index is 933. The molecule has 0 atom stereocenters. The molecule has 0 saturated heterocycles. The molecule has 0 saturated carbocycles. The van der Waals surface area contributed by atoms with E-state index in [2.05, 4.69) is 9.97 Å². The Hall–Kier alpha value is -2.40. The van der Waals surface area contributed by atoms with Gasteiger partial charge in [-0.1, -0.05) is 23.7 Å². The second kappa shape index (κ2) is 5.42. The van der Waals surface area contributed by atoms with Gasteiger partial charge < -0.3 is 5.73 Å². The van der Waals surface area contributed by atoms with Crippen LogP contribution < -0.4 is 11.3 Å². The quantitative estimate of drug-likeness (QED) is 0.789. The molecule has 22 heavy (non-hydrogen) atoms. The Morgan fingerprint density at radius 1 is 1.27 bits per heavy atom. The molecular formula is C16H15ClN4O. The minimum absolute atomic E-state index is 0.116. The molecule has 0 aliphatic heterocycles. The number of hydrogen-bond acceptors (Lipinski definition) is 4. The number of rotatable bonds is 2. The summed E-state index contributed by atoms with van der Waals surface area (Å²) in [4.78, 5) is 21.2. The van der Waals surface area contributed by atoms with Crippen molar-refractivity contribution in [2.75, 3.05) is 5.73 Å². The Morgan fingerprint density at radius 3 is 2.73 bits per heavy atom. The third kappa shape index (κ3) is 2.33. The van der Waals surface area contributed by atoms with Crippen molar-refractivity contribution in [2.24, 2.45) is 0 Å². The van der Waals surface area contributed by atoms with E-state index in [4.69, 9.17) is 17.3 Å². The van der Waals surface area contributed by atoms with Gasteiger partial charge in [0.25, 0.3) is 5.56 Å². The number of anilines is 1. The molecule has 1 aromatic carbocycles. The standard InChI is InChI=1S/C16H15ClN4O/c1-3-21-14-12(9(2)19-16(18)20-14)8-13(15(21)22)10-5-4-6-11(17)7-10/h4-8H,3H2,1-2H3,(H2,18,19,20). The number of nitrogens with zero attached hydrogens (tertiary/aromatic N) is 3. The lowest BCUT2D eigenvalue weighted by atomic mass is 10.1. The molecule has 0 radical (unpaired) electrons. The Morgan fingerprint density at radius 2 is 2.05 bits per heavy atom. The number of pyridine rings is 1. The zero-order chi connectivity index (χ0) is 15.9. The van der Waals surface area contributed by atoms with Crippen molar-refractivity contribution in [3.05, 3.63) is 51.4 Å². The van der Waals surface area contributed by atoms with Gasteiger partial charge in [0, 0.05) is 22.5 Å². The molecule has 0 spiro atoms. The van der Waals surface area contributed by atoms with Crippen molar-refractivity contribution >= 4 is 28.6 Å². The topological polar surface area (TPSA) is 73.8 Å². The van der Waals surface area contributed by atoms with Crippen LogP contribution in [0.25, 0.3) is 22.2 Å². The first-order chi connectivity index (χ1) is 10.5. The molecule has 0 amide bonds. The third-order valence-corrected chi connectivity index (χ3v) is 3.84. The Labute approximate surface area is 132 Å². The summed E-state index contributed by atoms with van der Waals surface area (Å²) in [7, 11) is 0. The molecule has 0 aliphatic rings. The second-order valence-electron chi connectivity index (χ2n) is 5.02. The molecular weight excluding hydrogens is 300 g/mol. The summed E-state index contributed by atoms with van der Waals surface area (Å²) in [6.45, 7) is 4.25. The predicted molar refractivity (Wildman–Crippen MR) is 89.1 cm³/mol. The monoisotopic (exact) mass is 314 g/mol. The molecule has 0 bridgehead atoms. The van der Waals surface area contributed by atoms with Crippen molar-refractivity contribution in [1.82, 2.24) is 14.5 Å². The number of aryl methyl sites for hydroxylation is 2. The fourth-order valence-electron chi connectivity index (χ4n) is 2.57. The minimum Gasteiger partial charge on any atom is -0.368 e. The van der Waals surface area contributed by atoms with Gasteiger partial charge in [-0.15, -0.1) is 0 Å². The van der Waals surface area contributed by atoms with Crippen LogP contribution in [0.5, 0.6) is 0 Å². The number of aromatic nitrogens is 3. The van der Waals surface area contributed by atoms with E-state index in [1.54, 1.807) is 16.7 Å². The molecule has 0 fully saturated rings. The van der Waals surface area contributed by atoms with Gasteiger partial charge in [-0.25, -0.2) is 4.98 Å². The fraction of sp³-hybridized carbons (Fsp3) is 0.188. The zero-order valence-electron chi connectivity index (χ0n) is 12.3. The number of nitrogens with two attached hydrogens (primary N) is 1. The molecule has 2 heterocycles. The first-order valence-corrected chi connectivity index (χ1v) is 7.32. The van der Waals surface area contributed by atoms with Crippen molar-refractivity contribution in [3.63, 3.8) is 0 Å². The summed E-state index contributed by atoms with van der Waals surface area (Å²) in [5, 5.41) is 1.40. The van der Waals surface area contributed by atoms with Gasteiger partial charge in [0.15, 0.2) is 0 Å². The van der Waals surface area contributed by atoms with E-state index in [0.717, 1.165) is 16.6 Å². The van der Waals surface area contributed by atoms with Crippen molar-refractivity contribution < 1.29 is 0 Å².